The van der Waals surface area contributed by atoms with Crippen molar-refractivity contribution in [1.29, 1.82) is 0 Å². The minimum Gasteiger partial charge on any atom is -0.481 e. The van der Waals surface area contributed by atoms with Gasteiger partial charge in [0.15, 0.2) is 0 Å². The van der Waals surface area contributed by atoms with Crippen LogP contribution in [0.5, 0.6) is 0 Å². The van der Waals surface area contributed by atoms with Crippen molar-refractivity contribution in [3.05, 3.63) is 0 Å². The van der Waals surface area contributed by atoms with E-state index in [1.165, 1.54) is 7.11 Å². The fraction of sp³-hybridized carbons (Fsp3) is 0.818. The molecule has 1 amide bonds. The van der Waals surface area contributed by atoms with Gasteiger partial charge in [-0.1, -0.05) is 0 Å². The first-order valence-corrected chi connectivity index (χ1v) is 5.77. The summed E-state index contributed by atoms with van der Waals surface area (Å²) in [5, 5.41) is 11.8. The van der Waals surface area contributed by atoms with Gasteiger partial charge in [-0.2, -0.15) is 0 Å². The van der Waals surface area contributed by atoms with Gasteiger partial charge in [0.25, 0.3) is 0 Å². The van der Waals surface area contributed by atoms with Crippen molar-refractivity contribution in [2.24, 2.45) is 11.1 Å². The van der Waals surface area contributed by atoms with Crippen molar-refractivity contribution in [1.82, 2.24) is 5.32 Å². The smallest absolute Gasteiger partial charge is 0.313 e. The number of nitrogens with one attached hydrogen (secondary N) is 1. The molecule has 1 aliphatic heterocycles. The number of aliphatic carboxylic acids is 1. The Morgan fingerprint density at radius 2 is 2.33 bits per heavy atom. The number of carbonyl (C=O) groups is 2. The SMILES string of the molecule is COC(CN)CC(=O)NC1COCC1(C)C(=O)O. The van der Waals surface area contributed by atoms with Crippen LogP contribution in [0.3, 0.4) is 0 Å². The van der Waals surface area contributed by atoms with Gasteiger partial charge in [0.1, 0.15) is 5.41 Å². The van der Waals surface area contributed by atoms with Crippen molar-refractivity contribution in [3.8, 4) is 0 Å². The van der Waals surface area contributed by atoms with Crippen molar-refractivity contribution in [2.45, 2.75) is 25.5 Å². The second-order valence-corrected chi connectivity index (χ2v) is 4.66. The van der Waals surface area contributed by atoms with Crippen LogP contribution in [-0.2, 0) is 19.1 Å². The van der Waals surface area contributed by atoms with E-state index in [0.717, 1.165) is 0 Å². The van der Waals surface area contributed by atoms with Gasteiger partial charge in [0, 0.05) is 13.7 Å². The number of carboxylic acid groups (broad SMARTS) is 1. The Kier molecular flexibility index (Phi) is 5.06. The molecule has 0 radical (unpaired) electrons. The highest BCUT2D eigenvalue weighted by Crippen LogP contribution is 2.28. The normalized spacial score (nSPS) is 28.9. The molecule has 104 valence electrons. The number of hydrogen-bond acceptors (Lipinski definition) is 5. The standard InChI is InChI=1S/C11H20N2O5/c1-11(10(15)16)6-18-5-8(11)13-9(14)3-7(4-12)17-2/h7-8H,3-6,12H2,1-2H3,(H,13,14)(H,15,16). The van der Waals surface area contributed by atoms with Crippen LogP contribution in [0.15, 0.2) is 0 Å². The van der Waals surface area contributed by atoms with E-state index in [2.05, 4.69) is 5.32 Å². The molecule has 7 nitrogen and oxygen atoms in total. The van der Waals surface area contributed by atoms with E-state index in [4.69, 9.17) is 20.3 Å². The molecular weight excluding hydrogens is 240 g/mol. The zero-order chi connectivity index (χ0) is 13.8. The van der Waals surface area contributed by atoms with Crippen molar-refractivity contribution in [3.63, 3.8) is 0 Å². The predicted octanol–water partition coefficient (Wildman–Crippen LogP) is -1.04. The summed E-state index contributed by atoms with van der Waals surface area (Å²) in [4.78, 5) is 22.9. The van der Waals surface area contributed by atoms with Gasteiger partial charge in [0.05, 0.1) is 31.8 Å². The van der Waals surface area contributed by atoms with Crippen molar-refractivity contribution >= 4 is 11.9 Å². The Balaban J connectivity index is 2.56. The summed E-state index contributed by atoms with van der Waals surface area (Å²) >= 11 is 0. The molecule has 7 heteroatoms. The lowest BCUT2D eigenvalue weighted by Gasteiger charge is -2.26. The van der Waals surface area contributed by atoms with Gasteiger partial charge in [0.2, 0.25) is 5.91 Å². The van der Waals surface area contributed by atoms with Gasteiger partial charge in [-0.3, -0.25) is 9.59 Å². The maximum Gasteiger partial charge on any atom is 0.313 e. The highest BCUT2D eigenvalue weighted by Gasteiger charge is 2.47. The molecular formula is C11H20N2O5. The van der Waals surface area contributed by atoms with Crippen LogP contribution in [0.2, 0.25) is 0 Å². The highest BCUT2D eigenvalue weighted by molar-refractivity contribution is 5.80. The van der Waals surface area contributed by atoms with E-state index in [-0.39, 0.29) is 38.2 Å². The average molecular weight is 260 g/mol. The first kappa shape index (κ1) is 14.9. The van der Waals surface area contributed by atoms with Gasteiger partial charge < -0.3 is 25.6 Å². The second-order valence-electron chi connectivity index (χ2n) is 4.66. The molecule has 3 unspecified atom stereocenters. The Morgan fingerprint density at radius 3 is 2.83 bits per heavy atom. The summed E-state index contributed by atoms with van der Waals surface area (Å²) in [5.41, 5.74) is 4.34. The summed E-state index contributed by atoms with van der Waals surface area (Å²) in [6.07, 6.45) is -0.248. The maximum absolute atomic E-state index is 11.7. The third-order valence-corrected chi connectivity index (χ3v) is 3.29. The predicted molar refractivity (Wildman–Crippen MR) is 63.0 cm³/mol. The van der Waals surface area contributed by atoms with Crippen molar-refractivity contribution < 1.29 is 24.2 Å². The molecule has 0 aromatic heterocycles. The number of carboxylic acids is 1. The molecule has 18 heavy (non-hydrogen) atoms. The zero-order valence-electron chi connectivity index (χ0n) is 10.6. The Labute approximate surface area is 106 Å². The minimum absolute atomic E-state index is 0.0951. The number of amides is 1. The van der Waals surface area contributed by atoms with Gasteiger partial charge >= 0.3 is 5.97 Å². The molecule has 0 aliphatic carbocycles. The molecule has 0 saturated carbocycles. The third-order valence-electron chi connectivity index (χ3n) is 3.29. The molecule has 0 aromatic carbocycles. The first-order valence-electron chi connectivity index (χ1n) is 5.77. The van der Waals surface area contributed by atoms with Gasteiger partial charge in [-0.05, 0) is 6.92 Å². The molecule has 3 atom stereocenters. The lowest BCUT2D eigenvalue weighted by molar-refractivity contribution is -0.149. The molecule has 1 fully saturated rings. The van der Waals surface area contributed by atoms with E-state index in [9.17, 15) is 9.59 Å². The Hall–Kier alpha value is -1.18. The van der Waals surface area contributed by atoms with Crippen LogP contribution < -0.4 is 11.1 Å². The lowest BCUT2D eigenvalue weighted by Crippen LogP contribution is -2.50. The van der Waals surface area contributed by atoms with E-state index in [1.807, 2.05) is 0 Å². The summed E-state index contributed by atoms with van der Waals surface area (Å²) in [6, 6.07) is -0.530. The molecule has 0 spiro atoms. The third kappa shape index (κ3) is 3.18. The number of rotatable bonds is 6. The van der Waals surface area contributed by atoms with Gasteiger partial charge in [-0.25, -0.2) is 0 Å². The molecule has 1 rings (SSSR count). The summed E-state index contributed by atoms with van der Waals surface area (Å²) in [7, 11) is 1.48. The fourth-order valence-corrected chi connectivity index (χ4v) is 1.81. The first-order chi connectivity index (χ1) is 8.43. The molecule has 1 heterocycles. The Morgan fingerprint density at radius 1 is 1.67 bits per heavy atom. The number of carbonyl (C=O) groups excluding carboxylic acids is 1. The molecule has 0 aromatic rings. The van der Waals surface area contributed by atoms with Crippen LogP contribution in [0.25, 0.3) is 0 Å². The molecule has 1 saturated heterocycles. The van der Waals surface area contributed by atoms with Crippen LogP contribution in [0.1, 0.15) is 13.3 Å². The van der Waals surface area contributed by atoms with E-state index in [1.54, 1.807) is 6.92 Å². The quantitative estimate of drug-likeness (QED) is 0.562. The van der Waals surface area contributed by atoms with Crippen LogP contribution >= 0.6 is 0 Å². The topological polar surface area (TPSA) is 111 Å². The molecule has 4 N–H and O–H groups in total. The van der Waals surface area contributed by atoms with E-state index >= 15 is 0 Å². The zero-order valence-corrected chi connectivity index (χ0v) is 10.6. The largest absolute Gasteiger partial charge is 0.481 e. The molecule has 1 aliphatic rings. The van der Waals surface area contributed by atoms with Gasteiger partial charge in [-0.15, -0.1) is 0 Å². The van der Waals surface area contributed by atoms with Crippen LogP contribution in [0, 0.1) is 5.41 Å². The summed E-state index contributed by atoms with van der Waals surface area (Å²) in [5.74, 6) is -1.26. The number of nitrogens with two attached hydrogens (primary N) is 1. The molecule has 0 bridgehead atoms. The monoisotopic (exact) mass is 260 g/mol. The fourth-order valence-electron chi connectivity index (χ4n) is 1.81. The van der Waals surface area contributed by atoms with E-state index in [0.29, 0.717) is 0 Å². The average Bonchev–Trinajstić information content (AvgIpc) is 2.69. The van der Waals surface area contributed by atoms with E-state index < -0.39 is 17.4 Å². The lowest BCUT2D eigenvalue weighted by atomic mass is 9.85. The Bertz CT molecular complexity index is 319. The van der Waals surface area contributed by atoms with Crippen LogP contribution in [0.4, 0.5) is 0 Å². The minimum atomic E-state index is -1.08. The van der Waals surface area contributed by atoms with Crippen LogP contribution in [-0.4, -0.2) is 56.0 Å². The summed E-state index contributed by atoms with van der Waals surface area (Å²) < 4.78 is 10.1. The number of methoxy groups -OCH3 is 1. The second kappa shape index (κ2) is 6.12. The van der Waals surface area contributed by atoms with Crippen molar-refractivity contribution in [2.75, 3.05) is 26.9 Å². The number of hydrogen-bond donors (Lipinski definition) is 3. The maximum atomic E-state index is 11.7. The summed E-state index contributed by atoms with van der Waals surface area (Å²) in [6.45, 7) is 2.10. The number of ether oxygens (including phenoxy) is 2. The highest BCUT2D eigenvalue weighted by atomic mass is 16.5.